The maximum absolute atomic E-state index is 12.8. The third kappa shape index (κ3) is 3.69. The zero-order valence-corrected chi connectivity index (χ0v) is 17.8. The number of hydrogen-bond donors (Lipinski definition) is 1. The number of aromatic amines is 1. The van der Waals surface area contributed by atoms with Crippen LogP contribution in [0, 0.1) is 12.8 Å². The van der Waals surface area contributed by atoms with Crippen molar-refractivity contribution in [1.82, 2.24) is 19.9 Å². The molecule has 3 aromatic heterocycles. The quantitative estimate of drug-likeness (QED) is 0.353. The van der Waals surface area contributed by atoms with Gasteiger partial charge in [-0.2, -0.15) is 0 Å². The van der Waals surface area contributed by atoms with Crippen LogP contribution in [0.5, 0.6) is 0 Å². The first-order chi connectivity index (χ1) is 13.6. The van der Waals surface area contributed by atoms with E-state index in [0.717, 1.165) is 44.6 Å². The minimum atomic E-state index is -0.0317. The van der Waals surface area contributed by atoms with E-state index in [1.54, 1.807) is 29.4 Å². The van der Waals surface area contributed by atoms with Crippen LogP contribution in [0.25, 0.3) is 21.1 Å². The summed E-state index contributed by atoms with van der Waals surface area (Å²) in [7, 11) is 0. The number of nitrogens with one attached hydrogen (secondary N) is 1. The van der Waals surface area contributed by atoms with Gasteiger partial charge in [0.15, 0.2) is 0 Å². The molecule has 1 atom stereocenters. The maximum Gasteiger partial charge on any atom is 0.259 e. The fourth-order valence-electron chi connectivity index (χ4n) is 3.26. The van der Waals surface area contributed by atoms with Crippen LogP contribution in [0.4, 0.5) is 0 Å². The molecule has 0 spiro atoms. The first-order valence-electron chi connectivity index (χ1n) is 9.40. The molecule has 0 aliphatic heterocycles. The highest BCUT2D eigenvalue weighted by molar-refractivity contribution is 7.98. The van der Waals surface area contributed by atoms with Gasteiger partial charge < -0.3 is 4.98 Å². The molecule has 0 radical (unpaired) electrons. The molecule has 0 aliphatic carbocycles. The Hall–Kier alpha value is -2.25. The number of aromatic nitrogens is 4. The number of aryl methyl sites for hydroxylation is 1. The fraction of sp³-hybridized carbons (Fsp3) is 0.333. The number of rotatable bonds is 6. The van der Waals surface area contributed by atoms with Crippen molar-refractivity contribution >= 4 is 44.2 Å². The van der Waals surface area contributed by atoms with Crippen molar-refractivity contribution in [3.8, 4) is 0 Å². The average molecular weight is 411 g/mol. The van der Waals surface area contributed by atoms with Crippen LogP contribution in [0.3, 0.4) is 0 Å². The Morgan fingerprint density at radius 1 is 1.25 bits per heavy atom. The molecule has 0 unspecified atom stereocenters. The van der Waals surface area contributed by atoms with Gasteiger partial charge in [0.2, 0.25) is 0 Å². The Balaban J connectivity index is 1.64. The van der Waals surface area contributed by atoms with Gasteiger partial charge >= 0.3 is 0 Å². The van der Waals surface area contributed by atoms with Crippen molar-refractivity contribution in [2.24, 2.45) is 5.92 Å². The number of fused-ring (bicyclic) bond motifs is 2. The first-order valence-corrected chi connectivity index (χ1v) is 11.2. The largest absolute Gasteiger partial charge is 0.309 e. The highest BCUT2D eigenvalue weighted by atomic mass is 32.2. The van der Waals surface area contributed by atoms with Crippen molar-refractivity contribution in [2.75, 3.05) is 0 Å². The second-order valence-corrected chi connectivity index (χ2v) is 9.20. The van der Waals surface area contributed by atoms with E-state index in [1.165, 1.54) is 4.88 Å². The summed E-state index contributed by atoms with van der Waals surface area (Å²) >= 11 is 3.18. The lowest BCUT2D eigenvalue weighted by Crippen LogP contribution is -2.12. The van der Waals surface area contributed by atoms with Gasteiger partial charge in [-0.15, -0.1) is 11.3 Å². The normalized spacial score (nSPS) is 12.7. The molecule has 5 nitrogen and oxygen atoms in total. The van der Waals surface area contributed by atoms with Gasteiger partial charge in [0.05, 0.1) is 16.7 Å². The Kier molecular flexibility index (Phi) is 5.46. The third-order valence-corrected chi connectivity index (χ3v) is 7.07. The van der Waals surface area contributed by atoms with E-state index in [2.05, 4.69) is 35.7 Å². The van der Waals surface area contributed by atoms with Gasteiger partial charge in [-0.3, -0.25) is 4.79 Å². The molecule has 1 aromatic carbocycles. The Bertz CT molecular complexity index is 1190. The molecule has 1 N–H and O–H groups in total. The maximum atomic E-state index is 12.8. The van der Waals surface area contributed by atoms with Crippen LogP contribution in [0.1, 0.15) is 36.5 Å². The summed E-state index contributed by atoms with van der Waals surface area (Å²) in [6.07, 6.45) is 3.60. The minimum absolute atomic E-state index is 0.0317. The number of nitrogens with zero attached hydrogens (tertiary/aromatic N) is 3. The number of benzene rings is 1. The minimum Gasteiger partial charge on any atom is -0.309 e. The molecule has 0 bridgehead atoms. The van der Waals surface area contributed by atoms with Crippen molar-refractivity contribution in [3.63, 3.8) is 0 Å². The van der Waals surface area contributed by atoms with E-state index >= 15 is 0 Å². The van der Waals surface area contributed by atoms with Gasteiger partial charge in [0, 0.05) is 10.3 Å². The summed E-state index contributed by atoms with van der Waals surface area (Å²) in [5, 5.41) is 2.68. The summed E-state index contributed by atoms with van der Waals surface area (Å²) in [5.74, 6) is 1.79. The van der Waals surface area contributed by atoms with E-state index in [4.69, 9.17) is 4.98 Å². The molecule has 0 fully saturated rings. The molecule has 7 heteroatoms. The zero-order valence-electron chi connectivity index (χ0n) is 16.2. The molecule has 0 aliphatic rings. The molecule has 0 saturated heterocycles. The van der Waals surface area contributed by atoms with E-state index < -0.39 is 0 Å². The standard InChI is InChI=1S/C21H22N4OS2/c1-4-12(2)9-15-13(3)28-21-18(15)19(26)24-17(25-21)10-27-20-14-7-5-6-8-16(14)22-11-23-20/h5-8,11-12H,4,9-10H2,1-3H3,(H,24,25,26)/t12-/m0/s1. The van der Waals surface area contributed by atoms with Gasteiger partial charge in [-0.05, 0) is 30.9 Å². The highest BCUT2D eigenvalue weighted by Gasteiger charge is 2.17. The van der Waals surface area contributed by atoms with Gasteiger partial charge in [-0.1, -0.05) is 50.2 Å². The van der Waals surface area contributed by atoms with Crippen molar-refractivity contribution in [1.29, 1.82) is 0 Å². The predicted octanol–water partition coefficient (Wildman–Crippen LogP) is 5.12. The van der Waals surface area contributed by atoms with Crippen molar-refractivity contribution in [2.45, 2.75) is 44.4 Å². The number of para-hydroxylation sites is 1. The third-order valence-electron chi connectivity index (χ3n) is 5.01. The van der Waals surface area contributed by atoms with Crippen LogP contribution < -0.4 is 5.56 Å². The van der Waals surface area contributed by atoms with Crippen LogP contribution in [0.2, 0.25) is 0 Å². The molecule has 0 amide bonds. The molecule has 28 heavy (non-hydrogen) atoms. The number of thioether (sulfide) groups is 1. The summed E-state index contributed by atoms with van der Waals surface area (Å²) in [6, 6.07) is 7.93. The van der Waals surface area contributed by atoms with E-state index in [0.29, 0.717) is 17.5 Å². The van der Waals surface area contributed by atoms with E-state index in [9.17, 15) is 4.79 Å². The van der Waals surface area contributed by atoms with Gasteiger partial charge in [0.25, 0.3) is 5.56 Å². The van der Waals surface area contributed by atoms with E-state index in [1.807, 2.05) is 24.3 Å². The molecule has 4 rings (SSSR count). The summed E-state index contributed by atoms with van der Waals surface area (Å²) < 4.78 is 0. The van der Waals surface area contributed by atoms with Gasteiger partial charge in [-0.25, -0.2) is 15.0 Å². The molecule has 3 heterocycles. The van der Waals surface area contributed by atoms with E-state index in [-0.39, 0.29) is 5.56 Å². The Morgan fingerprint density at radius 2 is 2.07 bits per heavy atom. The van der Waals surface area contributed by atoms with Crippen molar-refractivity contribution in [3.05, 3.63) is 57.2 Å². The zero-order chi connectivity index (χ0) is 19.7. The first kappa shape index (κ1) is 19.1. The molecule has 4 aromatic rings. The average Bonchev–Trinajstić information content (AvgIpc) is 3.01. The summed E-state index contributed by atoms with van der Waals surface area (Å²) in [6.45, 7) is 6.50. The predicted molar refractivity (Wildman–Crippen MR) is 117 cm³/mol. The summed E-state index contributed by atoms with van der Waals surface area (Å²) in [4.78, 5) is 31.3. The monoisotopic (exact) mass is 410 g/mol. The number of thiophene rings is 1. The fourth-order valence-corrected chi connectivity index (χ4v) is 5.19. The molecular weight excluding hydrogens is 388 g/mol. The lowest BCUT2D eigenvalue weighted by Gasteiger charge is -2.08. The molecular formula is C21H22N4OS2. The Morgan fingerprint density at radius 3 is 2.89 bits per heavy atom. The smallest absolute Gasteiger partial charge is 0.259 e. The van der Waals surface area contributed by atoms with Crippen LogP contribution in [-0.2, 0) is 12.2 Å². The van der Waals surface area contributed by atoms with Crippen LogP contribution >= 0.6 is 23.1 Å². The Labute approximate surface area is 171 Å². The van der Waals surface area contributed by atoms with Crippen LogP contribution in [0.15, 0.2) is 40.4 Å². The lowest BCUT2D eigenvalue weighted by atomic mass is 9.98. The topological polar surface area (TPSA) is 71.5 Å². The molecule has 0 saturated carbocycles. The number of hydrogen-bond acceptors (Lipinski definition) is 6. The second kappa shape index (κ2) is 8.01. The highest BCUT2D eigenvalue weighted by Crippen LogP contribution is 2.31. The summed E-state index contributed by atoms with van der Waals surface area (Å²) in [5.41, 5.74) is 2.04. The van der Waals surface area contributed by atoms with Gasteiger partial charge in [0.1, 0.15) is 22.0 Å². The van der Waals surface area contributed by atoms with Crippen LogP contribution in [-0.4, -0.2) is 19.9 Å². The SMILES string of the molecule is CC[C@H](C)Cc1c(C)sc2nc(CSc3ncnc4ccccc34)[nH]c(=O)c12. The molecule has 144 valence electrons. The second-order valence-electron chi connectivity index (χ2n) is 7.03. The number of H-pyrrole nitrogens is 1. The lowest BCUT2D eigenvalue weighted by molar-refractivity contribution is 0.561. The van der Waals surface area contributed by atoms with Crippen molar-refractivity contribution < 1.29 is 0 Å².